The maximum Gasteiger partial charge on any atom is 0.243 e. The lowest BCUT2D eigenvalue weighted by Gasteiger charge is -2.26. The Morgan fingerprint density at radius 3 is 2.57 bits per heavy atom. The fraction of sp³-hybridized carbons (Fsp3) is 0.350. The van der Waals surface area contributed by atoms with Gasteiger partial charge in [-0.3, -0.25) is 4.79 Å². The number of amides is 1. The van der Waals surface area contributed by atoms with Crippen LogP contribution in [-0.4, -0.2) is 38.8 Å². The standard InChI is InChI=1S/C20H23ClN2O4S/c1-27-19-9-8-17(28(25,26)23-10-3-2-4-11-23)14-18(19)22-20(24)13-15-6-5-7-16(21)12-15/h5-9,12,14H,2-4,10-11,13H2,1H3,(H,22,24). The zero-order chi connectivity index (χ0) is 20.1. The third-order valence-electron chi connectivity index (χ3n) is 4.65. The number of anilines is 1. The number of carbonyl (C=O) groups excluding carboxylic acids is 1. The molecule has 1 heterocycles. The first-order chi connectivity index (χ1) is 13.4. The van der Waals surface area contributed by atoms with Crippen molar-refractivity contribution in [3.05, 3.63) is 53.1 Å². The molecule has 6 nitrogen and oxygen atoms in total. The first kappa shape index (κ1) is 20.6. The van der Waals surface area contributed by atoms with Gasteiger partial charge in [-0.25, -0.2) is 8.42 Å². The van der Waals surface area contributed by atoms with Gasteiger partial charge in [0, 0.05) is 18.1 Å². The van der Waals surface area contributed by atoms with Crippen LogP contribution in [0.1, 0.15) is 24.8 Å². The van der Waals surface area contributed by atoms with Crippen molar-refractivity contribution in [2.45, 2.75) is 30.6 Å². The molecular weight excluding hydrogens is 400 g/mol. The van der Waals surface area contributed by atoms with E-state index in [1.54, 1.807) is 30.3 Å². The molecular formula is C20H23ClN2O4S. The first-order valence-electron chi connectivity index (χ1n) is 9.12. The van der Waals surface area contributed by atoms with E-state index in [1.165, 1.54) is 23.5 Å². The van der Waals surface area contributed by atoms with Gasteiger partial charge < -0.3 is 10.1 Å². The molecule has 2 aromatic rings. The quantitative estimate of drug-likeness (QED) is 0.770. The van der Waals surface area contributed by atoms with Crippen molar-refractivity contribution < 1.29 is 17.9 Å². The Morgan fingerprint density at radius 2 is 1.89 bits per heavy atom. The normalized spacial score (nSPS) is 15.2. The van der Waals surface area contributed by atoms with Crippen molar-refractivity contribution in [1.82, 2.24) is 4.31 Å². The number of rotatable bonds is 6. The number of halogens is 1. The van der Waals surface area contributed by atoms with E-state index in [4.69, 9.17) is 16.3 Å². The lowest BCUT2D eigenvalue weighted by molar-refractivity contribution is -0.115. The van der Waals surface area contributed by atoms with Crippen LogP contribution in [-0.2, 0) is 21.2 Å². The molecule has 1 saturated heterocycles. The Hall–Kier alpha value is -2.09. The minimum absolute atomic E-state index is 0.118. The highest BCUT2D eigenvalue weighted by Crippen LogP contribution is 2.30. The fourth-order valence-electron chi connectivity index (χ4n) is 3.23. The summed E-state index contributed by atoms with van der Waals surface area (Å²) in [5.74, 6) is 0.116. The van der Waals surface area contributed by atoms with Crippen molar-refractivity contribution in [2.24, 2.45) is 0 Å². The second-order valence-corrected chi connectivity index (χ2v) is 9.06. The van der Waals surface area contributed by atoms with Crippen LogP contribution in [0.15, 0.2) is 47.4 Å². The Balaban J connectivity index is 1.81. The number of sulfonamides is 1. The lowest BCUT2D eigenvalue weighted by atomic mass is 10.1. The Kier molecular flexibility index (Phi) is 6.59. The summed E-state index contributed by atoms with van der Waals surface area (Å²) in [5.41, 5.74) is 1.09. The van der Waals surface area contributed by atoms with Crippen molar-refractivity contribution in [3.8, 4) is 5.75 Å². The van der Waals surface area contributed by atoms with Gasteiger partial charge in [0.15, 0.2) is 0 Å². The van der Waals surface area contributed by atoms with Gasteiger partial charge >= 0.3 is 0 Å². The van der Waals surface area contributed by atoms with E-state index in [9.17, 15) is 13.2 Å². The number of hydrogen-bond donors (Lipinski definition) is 1. The summed E-state index contributed by atoms with van der Waals surface area (Å²) in [6.45, 7) is 1.04. The van der Waals surface area contributed by atoms with Crippen molar-refractivity contribution in [1.29, 1.82) is 0 Å². The average molecular weight is 423 g/mol. The molecule has 0 radical (unpaired) electrons. The number of methoxy groups -OCH3 is 1. The van der Waals surface area contributed by atoms with E-state index >= 15 is 0 Å². The Morgan fingerprint density at radius 1 is 1.14 bits per heavy atom. The highest BCUT2D eigenvalue weighted by atomic mass is 35.5. The number of piperidine rings is 1. The summed E-state index contributed by atoms with van der Waals surface area (Å²) in [4.78, 5) is 12.6. The zero-order valence-electron chi connectivity index (χ0n) is 15.7. The molecule has 0 atom stereocenters. The fourth-order valence-corrected chi connectivity index (χ4v) is 4.98. The number of nitrogens with one attached hydrogen (secondary N) is 1. The summed E-state index contributed by atoms with van der Waals surface area (Å²) in [5, 5.41) is 3.31. The van der Waals surface area contributed by atoms with Gasteiger partial charge in [0.2, 0.25) is 15.9 Å². The third-order valence-corrected chi connectivity index (χ3v) is 6.78. The monoisotopic (exact) mass is 422 g/mol. The molecule has 150 valence electrons. The lowest BCUT2D eigenvalue weighted by Crippen LogP contribution is -2.35. The summed E-state index contributed by atoms with van der Waals surface area (Å²) in [7, 11) is -2.13. The van der Waals surface area contributed by atoms with Gasteiger partial charge in [0.1, 0.15) is 5.75 Å². The van der Waals surface area contributed by atoms with Gasteiger partial charge in [0.05, 0.1) is 24.1 Å². The van der Waals surface area contributed by atoms with Crippen LogP contribution in [0.4, 0.5) is 5.69 Å². The molecule has 0 aliphatic carbocycles. The Labute approximate surface area is 170 Å². The van der Waals surface area contributed by atoms with E-state index in [0.29, 0.717) is 29.5 Å². The largest absolute Gasteiger partial charge is 0.495 e. The average Bonchev–Trinajstić information content (AvgIpc) is 2.68. The van der Waals surface area contributed by atoms with Gasteiger partial charge in [-0.15, -0.1) is 0 Å². The molecule has 0 bridgehead atoms. The van der Waals surface area contributed by atoms with Crippen LogP contribution < -0.4 is 10.1 Å². The highest BCUT2D eigenvalue weighted by molar-refractivity contribution is 7.89. The molecule has 1 aliphatic heterocycles. The topological polar surface area (TPSA) is 75.7 Å². The minimum atomic E-state index is -3.60. The molecule has 8 heteroatoms. The molecule has 0 spiro atoms. The maximum atomic E-state index is 12.9. The third kappa shape index (κ3) is 4.84. The van der Waals surface area contributed by atoms with Crippen LogP contribution in [0.2, 0.25) is 5.02 Å². The molecule has 1 aliphatic rings. The predicted molar refractivity (Wildman–Crippen MR) is 109 cm³/mol. The second-order valence-electron chi connectivity index (χ2n) is 6.68. The molecule has 28 heavy (non-hydrogen) atoms. The molecule has 1 fully saturated rings. The zero-order valence-corrected chi connectivity index (χ0v) is 17.2. The summed E-state index contributed by atoms with van der Waals surface area (Å²) in [6, 6.07) is 11.6. The van der Waals surface area contributed by atoms with Gasteiger partial charge in [0.25, 0.3) is 0 Å². The Bertz CT molecular complexity index is 956. The van der Waals surface area contributed by atoms with Crippen LogP contribution in [0, 0.1) is 0 Å². The van der Waals surface area contributed by atoms with Gasteiger partial charge in [-0.1, -0.05) is 30.2 Å². The van der Waals surface area contributed by atoms with Crippen LogP contribution in [0.25, 0.3) is 0 Å². The van der Waals surface area contributed by atoms with Crippen molar-refractivity contribution in [2.75, 3.05) is 25.5 Å². The maximum absolute atomic E-state index is 12.9. The number of carbonyl (C=O) groups is 1. The first-order valence-corrected chi connectivity index (χ1v) is 10.9. The van der Waals surface area contributed by atoms with Crippen LogP contribution in [0.5, 0.6) is 5.75 Å². The predicted octanol–water partition coefficient (Wildman–Crippen LogP) is 3.70. The van der Waals surface area contributed by atoms with Crippen LogP contribution >= 0.6 is 11.6 Å². The van der Waals surface area contributed by atoms with Crippen LogP contribution in [0.3, 0.4) is 0 Å². The smallest absolute Gasteiger partial charge is 0.243 e. The van der Waals surface area contributed by atoms with E-state index in [-0.39, 0.29) is 17.2 Å². The molecule has 3 rings (SSSR count). The molecule has 0 unspecified atom stereocenters. The molecule has 0 aromatic heterocycles. The van der Waals surface area contributed by atoms with Crippen molar-refractivity contribution in [3.63, 3.8) is 0 Å². The molecule has 2 aromatic carbocycles. The van der Waals surface area contributed by atoms with E-state index in [0.717, 1.165) is 24.8 Å². The van der Waals surface area contributed by atoms with Gasteiger partial charge in [-0.2, -0.15) is 4.31 Å². The molecule has 1 N–H and O–H groups in total. The minimum Gasteiger partial charge on any atom is -0.495 e. The van der Waals surface area contributed by atoms with E-state index < -0.39 is 10.0 Å². The molecule has 1 amide bonds. The summed E-state index contributed by atoms with van der Waals surface area (Å²) in [6.07, 6.45) is 2.88. The van der Waals surface area contributed by atoms with Crippen molar-refractivity contribution >= 4 is 33.2 Å². The number of benzene rings is 2. The highest BCUT2D eigenvalue weighted by Gasteiger charge is 2.27. The van der Waals surface area contributed by atoms with E-state index in [1.807, 2.05) is 0 Å². The number of nitrogens with zero attached hydrogens (tertiary/aromatic N) is 1. The van der Waals surface area contributed by atoms with Gasteiger partial charge in [-0.05, 0) is 48.7 Å². The summed E-state index contributed by atoms with van der Waals surface area (Å²) >= 11 is 5.96. The molecule has 0 saturated carbocycles. The summed E-state index contributed by atoms with van der Waals surface area (Å²) < 4.78 is 32.6. The number of ether oxygens (including phenoxy) is 1. The second kappa shape index (κ2) is 8.94. The number of hydrogen-bond acceptors (Lipinski definition) is 4. The van der Waals surface area contributed by atoms with E-state index in [2.05, 4.69) is 5.32 Å². The SMILES string of the molecule is COc1ccc(S(=O)(=O)N2CCCCC2)cc1NC(=O)Cc1cccc(Cl)c1.